The van der Waals surface area contributed by atoms with Gasteiger partial charge in [-0.15, -0.1) is 0 Å². The molecule has 1 heterocycles. The van der Waals surface area contributed by atoms with E-state index in [1.807, 2.05) is 37.3 Å². The molecule has 7 atom stereocenters. The molecule has 1 aliphatic carbocycles. The average Bonchev–Trinajstić information content (AvgIpc) is 3.56. The van der Waals surface area contributed by atoms with E-state index >= 15 is 0 Å². The van der Waals surface area contributed by atoms with Crippen LogP contribution in [0.5, 0.6) is 0 Å². The van der Waals surface area contributed by atoms with Gasteiger partial charge < -0.3 is 46.3 Å². The number of benzene rings is 1. The van der Waals surface area contributed by atoms with Crippen LogP contribution in [0.15, 0.2) is 30.3 Å². The van der Waals surface area contributed by atoms with Crippen LogP contribution in [0, 0.1) is 11.3 Å². The van der Waals surface area contributed by atoms with Gasteiger partial charge in [0.2, 0.25) is 29.4 Å². The van der Waals surface area contributed by atoms with Gasteiger partial charge >= 0.3 is 12.2 Å². The SMILES string of the molecule is CCCC(NC(=O)[C@@H]1CC2CCCCC2N1C(=O)[C@@H](NC(=O)CNC(=O)C(CNC(=O)OC)NC(=O)OC)C(C)(C)C)C(=O)C(=O)N[C@@H](C)c1ccccc1. The predicted molar refractivity (Wildman–Crippen MR) is 200 cm³/mol. The molecular weight excluding hydrogens is 714 g/mol. The molecule has 17 nitrogen and oxygen atoms in total. The number of alkyl carbamates (subject to hydrolysis) is 2. The number of hydrogen-bond acceptors (Lipinski definition) is 10. The number of fused-ring (bicyclic) bond motifs is 1. The lowest BCUT2D eigenvalue weighted by Gasteiger charge is -2.39. The Kier molecular flexibility index (Phi) is 16.4. The van der Waals surface area contributed by atoms with E-state index in [1.54, 1.807) is 32.6 Å². The minimum absolute atomic E-state index is 0.0252. The Balaban J connectivity index is 1.77. The monoisotopic (exact) mass is 771 g/mol. The summed E-state index contributed by atoms with van der Waals surface area (Å²) in [5.74, 6) is -4.15. The number of nitrogens with zero attached hydrogens (tertiary/aromatic N) is 1. The third kappa shape index (κ3) is 12.4. The van der Waals surface area contributed by atoms with Gasteiger partial charge in [0, 0.05) is 6.04 Å². The second kappa shape index (κ2) is 20.5. The number of likely N-dealkylation sites (tertiary alicyclic amines) is 1. The third-order valence-electron chi connectivity index (χ3n) is 10.00. The van der Waals surface area contributed by atoms with Crippen molar-refractivity contribution in [1.29, 1.82) is 0 Å². The molecule has 4 unspecified atom stereocenters. The summed E-state index contributed by atoms with van der Waals surface area (Å²) in [6, 6.07) is 3.95. The molecule has 2 fully saturated rings. The van der Waals surface area contributed by atoms with E-state index in [-0.39, 0.29) is 24.9 Å². The van der Waals surface area contributed by atoms with Gasteiger partial charge in [-0.25, -0.2) is 9.59 Å². The van der Waals surface area contributed by atoms with Crippen molar-refractivity contribution in [2.45, 2.75) is 116 Å². The maximum absolute atomic E-state index is 14.6. The molecule has 2 aliphatic rings. The first-order valence-corrected chi connectivity index (χ1v) is 18.8. The molecule has 1 saturated carbocycles. The van der Waals surface area contributed by atoms with Gasteiger partial charge in [0.1, 0.15) is 18.1 Å². The zero-order valence-corrected chi connectivity index (χ0v) is 32.8. The van der Waals surface area contributed by atoms with Crippen LogP contribution in [0.25, 0.3) is 0 Å². The molecule has 1 saturated heterocycles. The number of carbonyl (C=O) groups excluding carboxylic acids is 8. The van der Waals surface area contributed by atoms with Crippen LogP contribution in [0.4, 0.5) is 9.59 Å². The normalized spacial score (nSPS) is 19.9. The van der Waals surface area contributed by atoms with E-state index in [1.165, 1.54) is 0 Å². The fourth-order valence-electron chi connectivity index (χ4n) is 7.06. The maximum Gasteiger partial charge on any atom is 0.407 e. The van der Waals surface area contributed by atoms with Gasteiger partial charge in [-0.3, -0.25) is 28.8 Å². The number of rotatable bonds is 16. The first kappa shape index (κ1) is 44.2. The maximum atomic E-state index is 14.6. The Morgan fingerprint density at radius 2 is 1.49 bits per heavy atom. The Hall–Kier alpha value is -5.22. The summed E-state index contributed by atoms with van der Waals surface area (Å²) in [4.78, 5) is 106. The van der Waals surface area contributed by atoms with Crippen molar-refractivity contribution in [3.05, 3.63) is 35.9 Å². The van der Waals surface area contributed by atoms with Gasteiger partial charge in [-0.05, 0) is 49.5 Å². The molecule has 0 spiro atoms. The first-order chi connectivity index (χ1) is 26.0. The van der Waals surface area contributed by atoms with Crippen molar-refractivity contribution in [2.24, 2.45) is 11.3 Å². The zero-order valence-electron chi connectivity index (χ0n) is 32.8. The molecule has 0 aromatic heterocycles. The van der Waals surface area contributed by atoms with Crippen LogP contribution in [0.1, 0.15) is 91.2 Å². The minimum Gasteiger partial charge on any atom is -0.453 e. The van der Waals surface area contributed by atoms with Gasteiger partial charge in [-0.1, -0.05) is 77.3 Å². The van der Waals surface area contributed by atoms with Crippen molar-refractivity contribution in [2.75, 3.05) is 27.3 Å². The lowest BCUT2D eigenvalue weighted by atomic mass is 9.83. The number of nitrogens with one attached hydrogen (secondary N) is 6. The summed E-state index contributed by atoms with van der Waals surface area (Å²) in [7, 11) is 2.22. The van der Waals surface area contributed by atoms with Gasteiger partial charge in [0.25, 0.3) is 5.91 Å². The smallest absolute Gasteiger partial charge is 0.407 e. The molecule has 0 radical (unpaired) electrons. The Labute approximate surface area is 322 Å². The second-order valence-electron chi connectivity index (χ2n) is 15.1. The number of hydrogen-bond donors (Lipinski definition) is 6. The van der Waals surface area contributed by atoms with Crippen LogP contribution in [0.3, 0.4) is 0 Å². The summed E-state index contributed by atoms with van der Waals surface area (Å²) < 4.78 is 9.04. The highest BCUT2D eigenvalue weighted by atomic mass is 16.5. The van der Waals surface area contributed by atoms with Crippen molar-refractivity contribution in [1.82, 2.24) is 36.8 Å². The first-order valence-electron chi connectivity index (χ1n) is 18.8. The van der Waals surface area contributed by atoms with Gasteiger partial charge in [-0.2, -0.15) is 0 Å². The quantitative estimate of drug-likeness (QED) is 0.133. The summed E-state index contributed by atoms with van der Waals surface area (Å²) in [6.45, 7) is 7.93. The molecule has 17 heteroatoms. The third-order valence-corrected chi connectivity index (χ3v) is 10.00. The molecule has 1 aromatic carbocycles. The van der Waals surface area contributed by atoms with E-state index < -0.39 is 89.7 Å². The molecule has 7 amide bonds. The highest BCUT2D eigenvalue weighted by molar-refractivity contribution is 6.38. The number of carbonyl (C=O) groups is 8. The van der Waals surface area contributed by atoms with Crippen molar-refractivity contribution in [3.63, 3.8) is 0 Å². The molecular formula is C38H57N7O10. The summed E-state index contributed by atoms with van der Waals surface area (Å²) >= 11 is 0. The molecule has 0 bridgehead atoms. The van der Waals surface area contributed by atoms with E-state index in [0.29, 0.717) is 19.3 Å². The zero-order chi connectivity index (χ0) is 40.9. The van der Waals surface area contributed by atoms with Crippen LogP contribution in [-0.2, 0) is 38.2 Å². The number of ether oxygens (including phenoxy) is 2. The highest BCUT2D eigenvalue weighted by Gasteiger charge is 2.51. The predicted octanol–water partition coefficient (Wildman–Crippen LogP) is 1.61. The summed E-state index contributed by atoms with van der Waals surface area (Å²) in [5.41, 5.74) is -0.0314. The van der Waals surface area contributed by atoms with Gasteiger partial charge in [0.15, 0.2) is 0 Å². The van der Waals surface area contributed by atoms with Crippen LogP contribution in [-0.4, -0.2) is 110 Å². The topological polar surface area (TPSA) is 230 Å². The van der Waals surface area contributed by atoms with E-state index in [9.17, 15) is 38.4 Å². The van der Waals surface area contributed by atoms with Crippen LogP contribution in [0.2, 0.25) is 0 Å². The number of Topliss-reactive ketones (excluding diaryl/α,β-unsaturated/α-hetero) is 1. The fourth-order valence-corrected chi connectivity index (χ4v) is 7.06. The van der Waals surface area contributed by atoms with Gasteiger partial charge in [0.05, 0.1) is 39.4 Å². The molecule has 3 rings (SSSR count). The van der Waals surface area contributed by atoms with Crippen LogP contribution < -0.4 is 31.9 Å². The standard InChI is InChI=1S/C38H57N7O10/c1-8-14-25(30(47)34(50)41-22(2)23-15-10-9-11-16-23)42-33(49)28-19-24-17-12-13-18-27(24)45(28)35(51)31(38(3,4)5)44-29(46)21-39-32(48)26(43-37(53)55-7)20-40-36(52)54-6/h9-11,15-16,22,24-28,31H,8,12-14,17-21H2,1-7H3,(H,39,48)(H,40,52)(H,41,50)(H,42,49)(H,43,53)(H,44,46)/t22-,24?,25?,26?,27?,28-,31+/m0/s1. The highest BCUT2D eigenvalue weighted by Crippen LogP contribution is 2.41. The van der Waals surface area contributed by atoms with E-state index in [4.69, 9.17) is 0 Å². The Morgan fingerprint density at radius 3 is 2.11 bits per heavy atom. The lowest BCUT2D eigenvalue weighted by Crippen LogP contribution is -2.61. The number of ketones is 1. The molecule has 6 N–H and O–H groups in total. The summed E-state index contributed by atoms with van der Waals surface area (Å²) in [5, 5.41) is 15.2. The fraction of sp³-hybridized carbons (Fsp3) is 0.632. The number of methoxy groups -OCH3 is 2. The number of amides is 7. The van der Waals surface area contributed by atoms with Crippen molar-refractivity contribution in [3.8, 4) is 0 Å². The lowest BCUT2D eigenvalue weighted by molar-refractivity contribution is -0.147. The molecule has 304 valence electrons. The largest absolute Gasteiger partial charge is 0.453 e. The minimum atomic E-state index is -1.33. The molecule has 55 heavy (non-hydrogen) atoms. The van der Waals surface area contributed by atoms with Crippen molar-refractivity contribution >= 4 is 47.5 Å². The van der Waals surface area contributed by atoms with E-state index in [0.717, 1.165) is 39.0 Å². The molecule has 1 aromatic rings. The Bertz CT molecular complexity index is 1550. The Morgan fingerprint density at radius 1 is 0.836 bits per heavy atom. The van der Waals surface area contributed by atoms with E-state index in [2.05, 4.69) is 41.4 Å². The molecule has 1 aliphatic heterocycles. The summed E-state index contributed by atoms with van der Waals surface area (Å²) in [6.07, 6.45) is 2.53. The van der Waals surface area contributed by atoms with Crippen LogP contribution >= 0.6 is 0 Å². The average molecular weight is 772 g/mol. The second-order valence-corrected chi connectivity index (χ2v) is 15.1. The van der Waals surface area contributed by atoms with Crippen molar-refractivity contribution < 1.29 is 47.8 Å².